The van der Waals surface area contributed by atoms with E-state index in [-0.39, 0.29) is 0 Å². The van der Waals surface area contributed by atoms with Gasteiger partial charge < -0.3 is 23.5 Å². The number of aryl methyl sites for hydroxylation is 2. The zero-order chi connectivity index (χ0) is 23.9. The number of fused-ring (bicyclic) bond motifs is 2. The van der Waals surface area contributed by atoms with Crippen LogP contribution >= 0.6 is 11.3 Å². The Morgan fingerprint density at radius 3 is 2.80 bits per heavy atom. The predicted molar refractivity (Wildman–Crippen MR) is 131 cm³/mol. The van der Waals surface area contributed by atoms with Gasteiger partial charge in [0, 0.05) is 30.1 Å². The zero-order valence-corrected chi connectivity index (χ0v) is 20.5. The van der Waals surface area contributed by atoms with E-state index in [9.17, 15) is 0 Å². The van der Waals surface area contributed by atoms with Crippen molar-refractivity contribution in [3.8, 4) is 23.0 Å². The quantitative estimate of drug-likeness (QED) is 0.348. The standard InChI is InChI=1S/C24H24N6O4S/c1-14-11-25-23-26-18(12-30(23)28-14)22-10-17-20(8-16(31-3)9-21(17)34-22)33-13-19-15(2)35-24(27-19)29-4-6-32-7-5-29/h8-12H,4-7,13H2,1-3H3. The lowest BCUT2D eigenvalue weighted by molar-refractivity contribution is 0.122. The summed E-state index contributed by atoms with van der Waals surface area (Å²) in [7, 11) is 1.62. The van der Waals surface area contributed by atoms with Crippen LogP contribution in [-0.4, -0.2) is 58.0 Å². The molecule has 4 aromatic heterocycles. The second kappa shape index (κ2) is 8.82. The average Bonchev–Trinajstić information content (AvgIpc) is 3.59. The predicted octanol–water partition coefficient (Wildman–Crippen LogP) is 4.04. The van der Waals surface area contributed by atoms with Crippen LogP contribution in [0, 0.1) is 13.8 Å². The molecule has 0 unspecified atom stereocenters. The summed E-state index contributed by atoms with van der Waals surface area (Å²) >= 11 is 1.69. The van der Waals surface area contributed by atoms with Crippen molar-refractivity contribution >= 4 is 33.2 Å². The van der Waals surface area contributed by atoms with Crippen LogP contribution in [0.4, 0.5) is 5.13 Å². The van der Waals surface area contributed by atoms with Gasteiger partial charge in [0.25, 0.3) is 5.78 Å². The number of morpholine rings is 1. The van der Waals surface area contributed by atoms with E-state index >= 15 is 0 Å². The average molecular weight is 493 g/mol. The number of anilines is 1. The Bertz CT molecular complexity index is 1520. The summed E-state index contributed by atoms with van der Waals surface area (Å²) in [5.41, 5.74) is 3.01. The zero-order valence-electron chi connectivity index (χ0n) is 19.6. The highest BCUT2D eigenvalue weighted by Gasteiger charge is 2.19. The molecule has 6 rings (SSSR count). The number of furan rings is 1. The van der Waals surface area contributed by atoms with Crippen molar-refractivity contribution in [1.29, 1.82) is 0 Å². The molecule has 5 heterocycles. The number of thiazole rings is 1. The fourth-order valence-corrected chi connectivity index (χ4v) is 4.98. The highest BCUT2D eigenvalue weighted by atomic mass is 32.1. The molecule has 0 radical (unpaired) electrons. The molecule has 180 valence electrons. The van der Waals surface area contributed by atoms with Crippen LogP contribution in [0.1, 0.15) is 16.3 Å². The highest BCUT2D eigenvalue weighted by Crippen LogP contribution is 2.37. The lowest BCUT2D eigenvalue weighted by atomic mass is 10.2. The van der Waals surface area contributed by atoms with Gasteiger partial charge in [-0.15, -0.1) is 11.3 Å². The molecular weight excluding hydrogens is 468 g/mol. The number of benzene rings is 1. The maximum Gasteiger partial charge on any atom is 0.251 e. The number of nitrogens with zero attached hydrogens (tertiary/aromatic N) is 6. The topological polar surface area (TPSA) is 100 Å². The molecule has 0 saturated carbocycles. The third-order valence-electron chi connectivity index (χ3n) is 5.89. The Balaban J connectivity index is 1.30. The van der Waals surface area contributed by atoms with Crippen LogP contribution in [-0.2, 0) is 11.3 Å². The summed E-state index contributed by atoms with van der Waals surface area (Å²) in [5, 5.41) is 6.26. The molecule has 0 amide bonds. The van der Waals surface area contributed by atoms with Crippen LogP contribution in [0.5, 0.6) is 11.5 Å². The van der Waals surface area contributed by atoms with Gasteiger partial charge in [0.2, 0.25) is 0 Å². The summed E-state index contributed by atoms with van der Waals surface area (Å²) in [6.07, 6.45) is 3.49. The number of aromatic nitrogens is 5. The van der Waals surface area contributed by atoms with Gasteiger partial charge in [0.05, 0.1) is 49.5 Å². The molecule has 0 spiro atoms. The first-order chi connectivity index (χ1) is 17.1. The molecule has 11 heteroatoms. The number of imidazole rings is 1. The van der Waals surface area contributed by atoms with E-state index in [0.717, 1.165) is 53.1 Å². The lowest BCUT2D eigenvalue weighted by Crippen LogP contribution is -2.36. The summed E-state index contributed by atoms with van der Waals surface area (Å²) < 4.78 is 25.0. The Morgan fingerprint density at radius 2 is 1.97 bits per heavy atom. The molecule has 1 aliphatic heterocycles. The first kappa shape index (κ1) is 21.8. The van der Waals surface area contributed by atoms with E-state index in [1.54, 1.807) is 35.4 Å². The van der Waals surface area contributed by atoms with Crippen LogP contribution in [0.3, 0.4) is 0 Å². The van der Waals surface area contributed by atoms with Crippen molar-refractivity contribution in [2.24, 2.45) is 0 Å². The third-order valence-corrected chi connectivity index (χ3v) is 6.96. The number of methoxy groups -OCH3 is 1. The summed E-state index contributed by atoms with van der Waals surface area (Å²) in [4.78, 5) is 17.1. The molecule has 1 aliphatic rings. The molecule has 0 bridgehead atoms. The van der Waals surface area contributed by atoms with Crippen molar-refractivity contribution < 1.29 is 18.6 Å². The van der Waals surface area contributed by atoms with E-state index < -0.39 is 0 Å². The fourth-order valence-electron chi connectivity index (χ4n) is 4.02. The highest BCUT2D eigenvalue weighted by molar-refractivity contribution is 7.15. The van der Waals surface area contributed by atoms with E-state index in [1.165, 1.54) is 0 Å². The maximum absolute atomic E-state index is 6.26. The second-order valence-electron chi connectivity index (χ2n) is 8.31. The van der Waals surface area contributed by atoms with Gasteiger partial charge in [0.15, 0.2) is 10.9 Å². The minimum absolute atomic E-state index is 0.344. The van der Waals surface area contributed by atoms with Crippen LogP contribution in [0.25, 0.3) is 28.2 Å². The van der Waals surface area contributed by atoms with Crippen LogP contribution in [0.2, 0.25) is 0 Å². The van der Waals surface area contributed by atoms with Gasteiger partial charge in [-0.05, 0) is 19.9 Å². The van der Waals surface area contributed by atoms with E-state index in [2.05, 4.69) is 26.9 Å². The normalized spacial score (nSPS) is 14.2. The summed E-state index contributed by atoms with van der Waals surface area (Å²) in [6.45, 7) is 7.48. The van der Waals surface area contributed by atoms with Crippen molar-refractivity contribution in [3.05, 3.63) is 46.9 Å². The molecular formula is C24H24N6O4S. The largest absolute Gasteiger partial charge is 0.496 e. The molecule has 0 N–H and O–H groups in total. The van der Waals surface area contributed by atoms with E-state index in [0.29, 0.717) is 40.9 Å². The molecule has 1 fully saturated rings. The minimum atomic E-state index is 0.344. The number of hydrogen-bond donors (Lipinski definition) is 0. The van der Waals surface area contributed by atoms with Gasteiger partial charge in [-0.25, -0.2) is 19.5 Å². The lowest BCUT2D eigenvalue weighted by Gasteiger charge is -2.26. The smallest absolute Gasteiger partial charge is 0.251 e. The third kappa shape index (κ3) is 4.17. The van der Waals surface area contributed by atoms with Crippen molar-refractivity contribution in [3.63, 3.8) is 0 Å². The van der Waals surface area contributed by atoms with Crippen molar-refractivity contribution in [2.45, 2.75) is 20.5 Å². The van der Waals surface area contributed by atoms with E-state index in [1.807, 2.05) is 25.1 Å². The molecule has 0 aliphatic carbocycles. The van der Waals surface area contributed by atoms with Crippen LogP contribution < -0.4 is 14.4 Å². The van der Waals surface area contributed by atoms with Gasteiger partial charge >= 0.3 is 0 Å². The molecule has 10 nitrogen and oxygen atoms in total. The molecule has 1 saturated heterocycles. The van der Waals surface area contributed by atoms with E-state index in [4.69, 9.17) is 23.6 Å². The summed E-state index contributed by atoms with van der Waals surface area (Å²) in [6, 6.07) is 5.63. The van der Waals surface area contributed by atoms with Gasteiger partial charge in [0.1, 0.15) is 29.4 Å². The Hall–Kier alpha value is -3.70. The van der Waals surface area contributed by atoms with Gasteiger partial charge in [-0.1, -0.05) is 0 Å². The first-order valence-electron chi connectivity index (χ1n) is 11.3. The van der Waals surface area contributed by atoms with Gasteiger partial charge in [-0.2, -0.15) is 5.10 Å². The van der Waals surface area contributed by atoms with Crippen molar-refractivity contribution in [2.75, 3.05) is 38.3 Å². The van der Waals surface area contributed by atoms with Crippen LogP contribution in [0.15, 0.2) is 35.0 Å². The Morgan fingerprint density at radius 1 is 1.11 bits per heavy atom. The fraction of sp³-hybridized carbons (Fsp3) is 0.333. The molecule has 1 aromatic carbocycles. The Labute approximate surface area is 205 Å². The molecule has 5 aromatic rings. The first-order valence-corrected chi connectivity index (χ1v) is 12.1. The number of rotatable bonds is 6. The number of ether oxygens (including phenoxy) is 3. The molecule has 35 heavy (non-hydrogen) atoms. The Kier molecular flexibility index (Phi) is 5.50. The number of hydrogen-bond acceptors (Lipinski definition) is 10. The maximum atomic E-state index is 6.26. The molecule has 0 atom stereocenters. The second-order valence-corrected chi connectivity index (χ2v) is 9.49. The minimum Gasteiger partial charge on any atom is -0.496 e. The SMILES string of the molecule is COc1cc(OCc2nc(N3CCOCC3)sc2C)c2cc(-c3cn4nc(C)cnc4n3)oc2c1. The monoisotopic (exact) mass is 492 g/mol. The summed E-state index contributed by atoms with van der Waals surface area (Å²) in [5.74, 6) is 2.41. The van der Waals surface area contributed by atoms with Crippen molar-refractivity contribution in [1.82, 2.24) is 24.6 Å². The van der Waals surface area contributed by atoms with Gasteiger partial charge in [-0.3, -0.25) is 0 Å².